The topological polar surface area (TPSA) is 12.0 Å². The van der Waals surface area contributed by atoms with Crippen molar-refractivity contribution < 1.29 is 0 Å². The van der Waals surface area contributed by atoms with Crippen LogP contribution in [0.1, 0.15) is 25.0 Å². The second kappa shape index (κ2) is 8.56. The fourth-order valence-electron chi connectivity index (χ4n) is 6.95. The van der Waals surface area contributed by atoms with Crippen LogP contribution in [0.3, 0.4) is 0 Å². The van der Waals surface area contributed by atoms with Crippen LogP contribution >= 0.6 is 0 Å². The molecular weight excluding hydrogens is 482 g/mol. The molecule has 0 radical (unpaired) electrons. The van der Waals surface area contributed by atoms with Gasteiger partial charge in [0.1, 0.15) is 0 Å². The van der Waals surface area contributed by atoms with E-state index in [-0.39, 0.29) is 5.41 Å². The van der Waals surface area contributed by atoms with Gasteiger partial charge in [-0.2, -0.15) is 0 Å². The van der Waals surface area contributed by atoms with Crippen LogP contribution < -0.4 is 5.32 Å². The number of benzene rings is 6. The molecule has 0 atom stereocenters. The van der Waals surface area contributed by atoms with Crippen LogP contribution in [-0.2, 0) is 5.41 Å². The van der Waals surface area contributed by atoms with Crippen molar-refractivity contribution in [2.75, 3.05) is 5.32 Å². The molecule has 0 bridgehead atoms. The number of rotatable bonds is 2. The minimum atomic E-state index is -0.0373. The largest absolute Gasteiger partial charge is 0.355 e. The summed E-state index contributed by atoms with van der Waals surface area (Å²) in [5.41, 5.74) is 17.7. The molecule has 0 aliphatic heterocycles. The molecule has 0 saturated carbocycles. The number of fused-ring (bicyclic) bond motifs is 11. The second-order valence-corrected chi connectivity index (χ2v) is 11.4. The highest BCUT2D eigenvalue weighted by atomic mass is 14.9. The Morgan fingerprint density at radius 1 is 0.400 bits per heavy atom. The number of anilines is 2. The van der Waals surface area contributed by atoms with Gasteiger partial charge in [-0.3, -0.25) is 0 Å². The van der Waals surface area contributed by atoms with Gasteiger partial charge in [-0.25, -0.2) is 0 Å². The van der Waals surface area contributed by atoms with E-state index in [0.29, 0.717) is 0 Å². The lowest BCUT2D eigenvalue weighted by Gasteiger charge is -2.25. The minimum Gasteiger partial charge on any atom is -0.355 e. The van der Waals surface area contributed by atoms with Crippen molar-refractivity contribution in [3.63, 3.8) is 0 Å². The van der Waals surface area contributed by atoms with E-state index in [1.165, 1.54) is 66.8 Å². The third kappa shape index (κ3) is 3.28. The van der Waals surface area contributed by atoms with Crippen molar-refractivity contribution in [1.29, 1.82) is 0 Å². The van der Waals surface area contributed by atoms with Crippen molar-refractivity contribution in [1.82, 2.24) is 0 Å². The van der Waals surface area contributed by atoms with E-state index in [9.17, 15) is 0 Å². The Kier molecular flexibility index (Phi) is 4.93. The Labute approximate surface area is 235 Å². The van der Waals surface area contributed by atoms with Gasteiger partial charge in [0.05, 0.1) is 0 Å². The Morgan fingerprint density at radius 3 is 1.52 bits per heavy atom. The summed E-state index contributed by atoms with van der Waals surface area (Å²) in [5.74, 6) is 0. The molecule has 190 valence electrons. The van der Waals surface area contributed by atoms with Gasteiger partial charge < -0.3 is 5.32 Å². The molecule has 6 aromatic rings. The lowest BCUT2D eigenvalue weighted by atomic mass is 9.80. The van der Waals surface area contributed by atoms with Crippen LogP contribution in [0.15, 0.2) is 133 Å². The summed E-state index contributed by atoms with van der Waals surface area (Å²) in [5, 5.41) is 3.87. The van der Waals surface area contributed by atoms with Gasteiger partial charge in [-0.1, -0.05) is 129 Å². The molecule has 0 spiro atoms. The molecule has 0 fully saturated rings. The molecule has 0 unspecified atom stereocenters. The average molecular weight is 512 g/mol. The summed E-state index contributed by atoms with van der Waals surface area (Å²) in [4.78, 5) is 0. The van der Waals surface area contributed by atoms with E-state index in [1.54, 1.807) is 0 Å². The number of hydrogen-bond acceptors (Lipinski definition) is 1. The summed E-state index contributed by atoms with van der Waals surface area (Å²) in [6.45, 7) is 4.67. The third-order valence-electron chi connectivity index (χ3n) is 8.85. The summed E-state index contributed by atoms with van der Waals surface area (Å²) >= 11 is 0. The molecule has 8 rings (SSSR count). The molecule has 0 amide bonds. The summed E-state index contributed by atoms with van der Waals surface area (Å²) in [6.07, 6.45) is 0. The van der Waals surface area contributed by atoms with Crippen molar-refractivity contribution in [2.45, 2.75) is 19.3 Å². The van der Waals surface area contributed by atoms with Gasteiger partial charge >= 0.3 is 0 Å². The maximum atomic E-state index is 3.87. The average Bonchev–Trinajstić information content (AvgIpc) is 3.22. The highest BCUT2D eigenvalue weighted by Crippen LogP contribution is 2.52. The second-order valence-electron chi connectivity index (χ2n) is 11.4. The number of nitrogens with one attached hydrogen (secondary N) is 1. The lowest BCUT2D eigenvalue weighted by molar-refractivity contribution is 0.660. The minimum absolute atomic E-state index is 0.0373. The fraction of sp³-hybridized carbons (Fsp3) is 0.0769. The van der Waals surface area contributed by atoms with E-state index >= 15 is 0 Å². The van der Waals surface area contributed by atoms with Gasteiger partial charge in [0, 0.05) is 22.4 Å². The van der Waals surface area contributed by atoms with E-state index in [0.717, 1.165) is 11.4 Å². The lowest BCUT2D eigenvalue weighted by Crippen LogP contribution is -2.15. The maximum Gasteiger partial charge on any atom is 0.0470 e. The zero-order valence-electron chi connectivity index (χ0n) is 22.7. The molecule has 1 N–H and O–H groups in total. The van der Waals surface area contributed by atoms with E-state index in [4.69, 9.17) is 0 Å². The maximum absolute atomic E-state index is 3.87. The summed E-state index contributed by atoms with van der Waals surface area (Å²) in [6, 6.07) is 48.8. The Balaban J connectivity index is 1.34. The van der Waals surface area contributed by atoms with Gasteiger partial charge in [-0.15, -0.1) is 0 Å². The first-order valence-corrected chi connectivity index (χ1v) is 14.0. The fourth-order valence-corrected chi connectivity index (χ4v) is 6.95. The van der Waals surface area contributed by atoms with Crippen molar-refractivity contribution >= 4 is 11.4 Å². The summed E-state index contributed by atoms with van der Waals surface area (Å²) < 4.78 is 0. The first-order valence-electron chi connectivity index (χ1n) is 14.0. The van der Waals surface area contributed by atoms with E-state index in [1.807, 2.05) is 0 Å². The van der Waals surface area contributed by atoms with Crippen LogP contribution in [0.25, 0.3) is 55.6 Å². The standard InChI is InChI=1S/C39H29N/c1-39(2)35-20-10-9-17-31(35)32-23-22-25(24-36(32)39)40-37-21-11-19-34-30-15-6-5-14-28(30)26-12-3-4-13-27(26)29-16-7-8-18-33(29)38(34)37/h3-24,40H,1-2H3. The first-order chi connectivity index (χ1) is 19.6. The molecule has 2 aliphatic carbocycles. The highest BCUT2D eigenvalue weighted by Gasteiger charge is 2.35. The van der Waals surface area contributed by atoms with E-state index < -0.39 is 0 Å². The zero-order chi connectivity index (χ0) is 26.8. The van der Waals surface area contributed by atoms with Crippen LogP contribution in [0.4, 0.5) is 11.4 Å². The molecule has 0 aromatic heterocycles. The number of hydrogen-bond donors (Lipinski definition) is 1. The molecule has 40 heavy (non-hydrogen) atoms. The van der Waals surface area contributed by atoms with Gasteiger partial charge in [0.25, 0.3) is 0 Å². The Hall–Kier alpha value is -4.88. The zero-order valence-corrected chi connectivity index (χ0v) is 22.7. The van der Waals surface area contributed by atoms with Gasteiger partial charge in [0.2, 0.25) is 0 Å². The molecular formula is C39H29N. The van der Waals surface area contributed by atoms with Crippen LogP contribution in [0.5, 0.6) is 0 Å². The predicted molar refractivity (Wildman–Crippen MR) is 169 cm³/mol. The smallest absolute Gasteiger partial charge is 0.0470 e. The van der Waals surface area contributed by atoms with Crippen molar-refractivity contribution in [3.05, 3.63) is 145 Å². The Bertz CT molecular complexity index is 1950. The van der Waals surface area contributed by atoms with Crippen molar-refractivity contribution in [2.24, 2.45) is 0 Å². The van der Waals surface area contributed by atoms with Gasteiger partial charge in [-0.05, 0) is 79.4 Å². The summed E-state index contributed by atoms with van der Waals surface area (Å²) in [7, 11) is 0. The van der Waals surface area contributed by atoms with Crippen molar-refractivity contribution in [3.8, 4) is 55.6 Å². The molecule has 0 heterocycles. The molecule has 6 aromatic carbocycles. The third-order valence-corrected chi connectivity index (χ3v) is 8.85. The van der Waals surface area contributed by atoms with Gasteiger partial charge in [0.15, 0.2) is 0 Å². The molecule has 2 aliphatic rings. The molecule has 1 heteroatoms. The predicted octanol–water partition coefficient (Wildman–Crippen LogP) is 10.7. The quantitative estimate of drug-likeness (QED) is 0.243. The Morgan fingerprint density at radius 2 is 0.875 bits per heavy atom. The van der Waals surface area contributed by atoms with Crippen LogP contribution in [-0.4, -0.2) is 0 Å². The monoisotopic (exact) mass is 511 g/mol. The van der Waals surface area contributed by atoms with Crippen LogP contribution in [0.2, 0.25) is 0 Å². The van der Waals surface area contributed by atoms with E-state index in [2.05, 4.69) is 153 Å². The normalized spacial score (nSPS) is 13.4. The highest BCUT2D eigenvalue weighted by molar-refractivity contribution is 6.06. The SMILES string of the molecule is CC1(C)c2ccccc2-c2ccc(Nc3cccc4c3-c3ccccc3-c3ccccc3-c3ccccc3-4)cc21. The molecule has 0 saturated heterocycles. The molecule has 1 nitrogen and oxygen atoms in total. The first kappa shape index (κ1) is 23.0. The van der Waals surface area contributed by atoms with Crippen LogP contribution in [0, 0.1) is 0 Å².